The van der Waals surface area contributed by atoms with Gasteiger partial charge >= 0.3 is 12.0 Å². The van der Waals surface area contributed by atoms with Crippen LogP contribution in [-0.2, 0) is 14.6 Å². The fourth-order valence-electron chi connectivity index (χ4n) is 2.54. The number of carboxylic acid groups (broad SMARTS) is 1. The molecule has 20 heavy (non-hydrogen) atoms. The molecular weight excluding hydrogens is 284 g/mol. The van der Waals surface area contributed by atoms with Crippen LogP contribution in [0.15, 0.2) is 0 Å². The quantitative estimate of drug-likeness (QED) is 0.739. The number of nitrogens with zero attached hydrogens (tertiary/aromatic N) is 1. The number of amides is 2. The number of aliphatic carboxylic acids is 1. The molecule has 0 aromatic heterocycles. The molecule has 0 aromatic rings. The Morgan fingerprint density at radius 1 is 1.40 bits per heavy atom. The summed E-state index contributed by atoms with van der Waals surface area (Å²) in [5.74, 6) is -0.217. The number of rotatable bonds is 5. The number of carboxylic acids is 1. The fraction of sp³-hybridized carbons (Fsp3) is 0.833. The molecule has 0 spiro atoms. The second kappa shape index (κ2) is 5.59. The summed E-state index contributed by atoms with van der Waals surface area (Å²) in [4.78, 5) is 24.1. The second-order valence-corrected chi connectivity index (χ2v) is 7.97. The highest BCUT2D eigenvalue weighted by Gasteiger charge is 2.37. The van der Waals surface area contributed by atoms with Gasteiger partial charge in [-0.2, -0.15) is 0 Å². The number of sulfone groups is 1. The van der Waals surface area contributed by atoms with E-state index in [-0.39, 0.29) is 11.5 Å². The van der Waals surface area contributed by atoms with Crippen molar-refractivity contribution in [1.82, 2.24) is 10.2 Å². The van der Waals surface area contributed by atoms with Crippen molar-refractivity contribution >= 4 is 21.8 Å². The van der Waals surface area contributed by atoms with E-state index in [2.05, 4.69) is 12.2 Å². The third-order valence-corrected chi connectivity index (χ3v) is 5.76. The predicted octanol–water partition coefficient (Wildman–Crippen LogP) is -0.0743. The number of carbonyl (C=O) groups excluding carboxylic acids is 1. The van der Waals surface area contributed by atoms with Gasteiger partial charge in [0.2, 0.25) is 0 Å². The first-order chi connectivity index (χ1) is 9.28. The van der Waals surface area contributed by atoms with Crippen LogP contribution in [0, 0.1) is 11.8 Å². The van der Waals surface area contributed by atoms with Crippen LogP contribution in [-0.4, -0.2) is 61.1 Å². The van der Waals surface area contributed by atoms with Gasteiger partial charge in [0.25, 0.3) is 0 Å². The number of nitrogens with one attached hydrogen (secondary N) is 1. The van der Waals surface area contributed by atoms with Gasteiger partial charge in [0, 0.05) is 12.6 Å². The molecule has 2 N–H and O–H groups in total. The van der Waals surface area contributed by atoms with E-state index in [1.807, 2.05) is 0 Å². The molecule has 2 fully saturated rings. The zero-order chi connectivity index (χ0) is 14.9. The Labute approximate surface area is 118 Å². The summed E-state index contributed by atoms with van der Waals surface area (Å²) < 4.78 is 22.9. The molecule has 1 saturated carbocycles. The van der Waals surface area contributed by atoms with Crippen LogP contribution in [0.5, 0.6) is 0 Å². The van der Waals surface area contributed by atoms with Crippen molar-refractivity contribution in [3.63, 3.8) is 0 Å². The number of hydrogen-bond donors (Lipinski definition) is 2. The first-order valence-electron chi connectivity index (χ1n) is 6.75. The van der Waals surface area contributed by atoms with Gasteiger partial charge in [0.15, 0.2) is 9.84 Å². The van der Waals surface area contributed by atoms with Crippen LogP contribution in [0.4, 0.5) is 4.79 Å². The summed E-state index contributed by atoms with van der Waals surface area (Å²) in [6, 6.07) is -1.01. The van der Waals surface area contributed by atoms with Gasteiger partial charge in [0.1, 0.15) is 6.54 Å². The predicted molar refractivity (Wildman–Crippen MR) is 72.1 cm³/mol. The fourth-order valence-corrected chi connectivity index (χ4v) is 4.27. The Morgan fingerprint density at radius 2 is 2.05 bits per heavy atom. The number of urea groups is 1. The Bertz CT molecular complexity index is 504. The van der Waals surface area contributed by atoms with Crippen LogP contribution in [0.3, 0.4) is 0 Å². The van der Waals surface area contributed by atoms with Gasteiger partial charge in [-0.25, -0.2) is 13.2 Å². The largest absolute Gasteiger partial charge is 0.480 e. The van der Waals surface area contributed by atoms with E-state index < -0.39 is 34.4 Å². The minimum Gasteiger partial charge on any atom is -0.480 e. The molecule has 0 bridgehead atoms. The van der Waals surface area contributed by atoms with E-state index in [1.165, 1.54) is 0 Å². The minimum absolute atomic E-state index is 0.0146. The van der Waals surface area contributed by atoms with Crippen LogP contribution >= 0.6 is 0 Å². The minimum atomic E-state index is -3.15. The average Bonchev–Trinajstić information content (AvgIpc) is 2.92. The highest BCUT2D eigenvalue weighted by Crippen LogP contribution is 2.36. The topological polar surface area (TPSA) is 104 Å². The molecule has 3 unspecified atom stereocenters. The summed E-state index contributed by atoms with van der Waals surface area (Å²) in [7, 11) is -3.15. The summed E-state index contributed by atoms with van der Waals surface area (Å²) in [6.45, 7) is 2.15. The zero-order valence-electron chi connectivity index (χ0n) is 11.4. The molecule has 1 heterocycles. The van der Waals surface area contributed by atoms with Crippen molar-refractivity contribution in [2.24, 2.45) is 11.8 Å². The molecule has 0 radical (unpaired) electrons. The highest BCUT2D eigenvalue weighted by molar-refractivity contribution is 7.91. The Morgan fingerprint density at radius 3 is 2.50 bits per heavy atom. The Kier molecular flexibility index (Phi) is 4.22. The van der Waals surface area contributed by atoms with E-state index in [9.17, 15) is 18.0 Å². The van der Waals surface area contributed by atoms with E-state index in [1.54, 1.807) is 0 Å². The third-order valence-electron chi connectivity index (χ3n) is 4.01. The van der Waals surface area contributed by atoms with Crippen LogP contribution in [0.25, 0.3) is 0 Å². The van der Waals surface area contributed by atoms with Gasteiger partial charge in [0.05, 0.1) is 11.5 Å². The molecule has 7 nitrogen and oxygen atoms in total. The lowest BCUT2D eigenvalue weighted by molar-refractivity contribution is -0.138. The Balaban J connectivity index is 1.95. The van der Waals surface area contributed by atoms with Gasteiger partial charge in [-0.1, -0.05) is 6.92 Å². The lowest BCUT2D eigenvalue weighted by atomic mass is 10.2. The number of hydrogen-bond acceptors (Lipinski definition) is 4. The van der Waals surface area contributed by atoms with Crippen molar-refractivity contribution in [3.8, 4) is 0 Å². The van der Waals surface area contributed by atoms with Gasteiger partial charge in [-0.3, -0.25) is 4.79 Å². The summed E-state index contributed by atoms with van der Waals surface area (Å²) in [5, 5.41) is 11.6. The van der Waals surface area contributed by atoms with Crippen LogP contribution < -0.4 is 5.32 Å². The van der Waals surface area contributed by atoms with Crippen molar-refractivity contribution in [2.45, 2.75) is 25.8 Å². The third kappa shape index (κ3) is 3.84. The average molecular weight is 304 g/mol. The standard InChI is InChI=1S/C12H20N2O5S/c1-8-4-9(8)5-13-12(17)14(6-11(15)16)10-2-3-20(18,19)7-10/h8-10H,2-7H2,1H3,(H,13,17)(H,15,16). The summed E-state index contributed by atoms with van der Waals surface area (Å²) in [6.07, 6.45) is 1.37. The summed E-state index contributed by atoms with van der Waals surface area (Å²) >= 11 is 0. The molecule has 3 atom stereocenters. The first-order valence-corrected chi connectivity index (χ1v) is 8.57. The maximum Gasteiger partial charge on any atom is 0.323 e. The van der Waals surface area contributed by atoms with Gasteiger partial charge in [-0.05, 0) is 24.7 Å². The lowest BCUT2D eigenvalue weighted by Gasteiger charge is -2.26. The molecule has 1 saturated heterocycles. The van der Waals surface area contributed by atoms with Crippen molar-refractivity contribution in [3.05, 3.63) is 0 Å². The smallest absolute Gasteiger partial charge is 0.323 e. The summed E-state index contributed by atoms with van der Waals surface area (Å²) in [5.41, 5.74) is 0. The molecule has 8 heteroatoms. The van der Waals surface area contributed by atoms with E-state index in [4.69, 9.17) is 5.11 Å². The van der Waals surface area contributed by atoms with E-state index >= 15 is 0 Å². The van der Waals surface area contributed by atoms with Gasteiger partial charge in [-0.15, -0.1) is 0 Å². The van der Waals surface area contributed by atoms with Crippen molar-refractivity contribution in [1.29, 1.82) is 0 Å². The molecule has 1 aliphatic heterocycles. The second-order valence-electron chi connectivity index (χ2n) is 5.74. The Hall–Kier alpha value is -1.31. The molecule has 2 amide bonds. The zero-order valence-corrected chi connectivity index (χ0v) is 12.2. The first kappa shape index (κ1) is 15.1. The maximum atomic E-state index is 12.1. The molecule has 2 aliphatic rings. The van der Waals surface area contributed by atoms with Gasteiger partial charge < -0.3 is 15.3 Å². The lowest BCUT2D eigenvalue weighted by Crippen LogP contribution is -2.49. The molecule has 2 rings (SSSR count). The van der Waals surface area contributed by atoms with Crippen molar-refractivity contribution < 1.29 is 23.1 Å². The normalized spacial score (nSPS) is 30.8. The van der Waals surface area contributed by atoms with Crippen LogP contribution in [0.1, 0.15) is 19.8 Å². The maximum absolute atomic E-state index is 12.1. The SMILES string of the molecule is CC1CC1CNC(=O)N(CC(=O)O)C1CCS(=O)(=O)C1. The molecule has 0 aromatic carbocycles. The molecular formula is C12H20N2O5S. The van der Waals surface area contributed by atoms with E-state index in [0.717, 1.165) is 11.3 Å². The molecule has 1 aliphatic carbocycles. The number of carbonyl (C=O) groups is 2. The van der Waals surface area contributed by atoms with E-state index in [0.29, 0.717) is 24.8 Å². The molecule has 114 valence electrons. The monoisotopic (exact) mass is 304 g/mol. The van der Waals surface area contributed by atoms with Crippen LogP contribution in [0.2, 0.25) is 0 Å². The highest BCUT2D eigenvalue weighted by atomic mass is 32.2. The van der Waals surface area contributed by atoms with Crippen molar-refractivity contribution in [2.75, 3.05) is 24.6 Å².